The lowest BCUT2D eigenvalue weighted by atomic mass is 10.4. The lowest BCUT2D eigenvalue weighted by Gasteiger charge is -2.08. The molecule has 2 heterocycles. The number of carboxylic acid groups (broad SMARTS) is 1. The van der Waals surface area contributed by atoms with E-state index in [0.29, 0.717) is 5.82 Å². The van der Waals surface area contributed by atoms with Crippen molar-refractivity contribution in [3.63, 3.8) is 0 Å². The van der Waals surface area contributed by atoms with Crippen LogP contribution in [0.5, 0.6) is 0 Å². The monoisotopic (exact) mass is 310 g/mol. The summed E-state index contributed by atoms with van der Waals surface area (Å²) in [6.45, 7) is 1.82. The third kappa shape index (κ3) is 4.02. The van der Waals surface area contributed by atoms with Gasteiger partial charge in [0.05, 0.1) is 24.1 Å². The summed E-state index contributed by atoms with van der Waals surface area (Å²) < 4.78 is 27.3. The van der Waals surface area contributed by atoms with Crippen molar-refractivity contribution in [1.29, 1.82) is 0 Å². The van der Waals surface area contributed by atoms with Gasteiger partial charge in [-0.3, -0.25) is 14.1 Å². The number of aryl methyl sites for hydroxylation is 1. The SMILES string of the molecule is Cc1nccn1-c1ccc(NS(=O)(=O)CCC(=O)O)cn1. The second-order valence-electron chi connectivity index (χ2n) is 4.31. The van der Waals surface area contributed by atoms with Crippen molar-refractivity contribution in [2.45, 2.75) is 13.3 Å². The van der Waals surface area contributed by atoms with Gasteiger partial charge in [0, 0.05) is 12.4 Å². The molecule has 2 rings (SSSR count). The van der Waals surface area contributed by atoms with Crippen molar-refractivity contribution in [3.05, 3.63) is 36.5 Å². The molecule has 8 nitrogen and oxygen atoms in total. The summed E-state index contributed by atoms with van der Waals surface area (Å²) >= 11 is 0. The minimum atomic E-state index is -3.69. The average molecular weight is 310 g/mol. The van der Waals surface area contributed by atoms with Gasteiger partial charge in [0.15, 0.2) is 0 Å². The summed E-state index contributed by atoms with van der Waals surface area (Å²) in [5.41, 5.74) is 0.280. The zero-order valence-corrected chi connectivity index (χ0v) is 12.0. The topological polar surface area (TPSA) is 114 Å². The van der Waals surface area contributed by atoms with Crippen molar-refractivity contribution in [3.8, 4) is 5.82 Å². The van der Waals surface area contributed by atoms with Crippen LogP contribution < -0.4 is 4.72 Å². The van der Waals surface area contributed by atoms with Gasteiger partial charge in [0.1, 0.15) is 11.6 Å². The second-order valence-corrected chi connectivity index (χ2v) is 6.16. The predicted octanol–water partition coefficient (Wildman–Crippen LogP) is 0.792. The number of aromatic nitrogens is 3. The Morgan fingerprint density at radius 2 is 2.14 bits per heavy atom. The maximum absolute atomic E-state index is 11.7. The van der Waals surface area contributed by atoms with Crippen molar-refractivity contribution >= 4 is 21.7 Å². The fraction of sp³-hybridized carbons (Fsp3) is 0.250. The maximum atomic E-state index is 11.7. The van der Waals surface area contributed by atoms with Crippen LogP contribution in [0.4, 0.5) is 5.69 Å². The summed E-state index contributed by atoms with van der Waals surface area (Å²) in [5.74, 6) is -0.273. The maximum Gasteiger partial charge on any atom is 0.304 e. The van der Waals surface area contributed by atoms with Gasteiger partial charge >= 0.3 is 5.97 Å². The summed E-state index contributed by atoms with van der Waals surface area (Å²) in [6, 6.07) is 3.20. The molecule has 0 aromatic carbocycles. The molecule has 0 unspecified atom stereocenters. The molecule has 0 spiro atoms. The van der Waals surface area contributed by atoms with E-state index in [2.05, 4.69) is 14.7 Å². The Bertz CT molecular complexity index is 737. The Labute approximate surface area is 121 Å². The summed E-state index contributed by atoms with van der Waals surface area (Å²) in [4.78, 5) is 18.6. The van der Waals surface area contributed by atoms with Crippen molar-refractivity contribution in [1.82, 2.24) is 14.5 Å². The summed E-state index contributed by atoms with van der Waals surface area (Å²) in [6.07, 6.45) is 4.30. The molecule has 2 aromatic heterocycles. The van der Waals surface area contributed by atoms with Crippen molar-refractivity contribution in [2.75, 3.05) is 10.5 Å². The molecule has 0 aliphatic carbocycles. The van der Waals surface area contributed by atoms with Gasteiger partial charge in [-0.1, -0.05) is 0 Å². The van der Waals surface area contributed by atoms with Crippen LogP contribution in [0.3, 0.4) is 0 Å². The first-order chi connectivity index (χ1) is 9.87. The predicted molar refractivity (Wildman–Crippen MR) is 75.8 cm³/mol. The van der Waals surface area contributed by atoms with Crippen LogP contribution >= 0.6 is 0 Å². The Hall–Kier alpha value is -2.42. The first kappa shape index (κ1) is 15.0. The number of rotatable bonds is 6. The number of carboxylic acids is 1. The molecule has 0 amide bonds. The highest BCUT2D eigenvalue weighted by atomic mass is 32.2. The molecule has 0 fully saturated rings. The van der Waals surface area contributed by atoms with E-state index >= 15 is 0 Å². The molecule has 2 aromatic rings. The van der Waals surface area contributed by atoms with Crippen molar-refractivity contribution < 1.29 is 18.3 Å². The van der Waals surface area contributed by atoms with E-state index < -0.39 is 28.2 Å². The van der Waals surface area contributed by atoms with Crippen LogP contribution in [0, 0.1) is 6.92 Å². The molecule has 0 bridgehead atoms. The van der Waals surface area contributed by atoms with Gasteiger partial charge in [-0.2, -0.15) is 0 Å². The first-order valence-electron chi connectivity index (χ1n) is 6.06. The van der Waals surface area contributed by atoms with Gasteiger partial charge in [0.2, 0.25) is 10.0 Å². The molecule has 21 heavy (non-hydrogen) atoms. The number of sulfonamides is 1. The van der Waals surface area contributed by atoms with Gasteiger partial charge in [0.25, 0.3) is 0 Å². The molecule has 0 atom stereocenters. The summed E-state index contributed by atoms with van der Waals surface area (Å²) in [5, 5.41) is 8.50. The van der Waals surface area contributed by atoms with E-state index in [-0.39, 0.29) is 5.69 Å². The van der Waals surface area contributed by atoms with Crippen LogP contribution in [0.25, 0.3) is 5.82 Å². The number of anilines is 1. The number of nitrogens with one attached hydrogen (secondary N) is 1. The van der Waals surface area contributed by atoms with Gasteiger partial charge in [-0.15, -0.1) is 0 Å². The fourth-order valence-corrected chi connectivity index (χ4v) is 2.69. The quantitative estimate of drug-likeness (QED) is 0.815. The third-order valence-corrected chi connectivity index (χ3v) is 3.97. The molecule has 0 saturated carbocycles. The van der Waals surface area contributed by atoms with Crippen LogP contribution in [0.15, 0.2) is 30.7 Å². The fourth-order valence-electron chi connectivity index (χ4n) is 1.66. The third-order valence-electron chi connectivity index (χ3n) is 2.68. The number of hydrogen-bond donors (Lipinski definition) is 2. The Kier molecular flexibility index (Phi) is 4.22. The van der Waals surface area contributed by atoms with E-state index in [1.54, 1.807) is 29.1 Å². The van der Waals surface area contributed by atoms with Gasteiger partial charge < -0.3 is 5.11 Å². The van der Waals surface area contributed by atoms with Crippen LogP contribution in [0.1, 0.15) is 12.2 Å². The molecule has 0 saturated heterocycles. The van der Waals surface area contributed by atoms with E-state index in [4.69, 9.17) is 5.11 Å². The Balaban J connectivity index is 2.09. The largest absolute Gasteiger partial charge is 0.481 e. The number of imidazole rings is 1. The van der Waals surface area contributed by atoms with E-state index in [1.165, 1.54) is 6.20 Å². The smallest absolute Gasteiger partial charge is 0.304 e. The minimum absolute atomic E-state index is 0.280. The lowest BCUT2D eigenvalue weighted by molar-refractivity contribution is -0.136. The summed E-state index contributed by atoms with van der Waals surface area (Å²) in [7, 11) is -3.69. The number of aliphatic carboxylic acids is 1. The molecule has 0 radical (unpaired) electrons. The van der Waals surface area contributed by atoms with Crippen LogP contribution in [-0.2, 0) is 14.8 Å². The highest BCUT2D eigenvalue weighted by Crippen LogP contribution is 2.13. The zero-order valence-electron chi connectivity index (χ0n) is 11.2. The van der Waals surface area contributed by atoms with Gasteiger partial charge in [-0.05, 0) is 19.1 Å². The number of carbonyl (C=O) groups is 1. The van der Waals surface area contributed by atoms with E-state index in [9.17, 15) is 13.2 Å². The first-order valence-corrected chi connectivity index (χ1v) is 7.71. The number of nitrogens with zero attached hydrogens (tertiary/aromatic N) is 3. The molecule has 2 N–H and O–H groups in total. The minimum Gasteiger partial charge on any atom is -0.481 e. The van der Waals surface area contributed by atoms with Crippen molar-refractivity contribution in [2.24, 2.45) is 0 Å². The molecule has 9 heteroatoms. The Morgan fingerprint density at radius 3 is 2.67 bits per heavy atom. The average Bonchev–Trinajstić information content (AvgIpc) is 2.83. The van der Waals surface area contributed by atoms with E-state index in [0.717, 1.165) is 5.82 Å². The number of pyridine rings is 1. The normalized spacial score (nSPS) is 11.3. The van der Waals surface area contributed by atoms with Crippen LogP contribution in [-0.4, -0.2) is 39.8 Å². The molecule has 0 aliphatic rings. The standard InChI is InChI=1S/C12H14N4O4S/c1-9-13-5-6-16(9)11-3-2-10(8-14-11)15-21(19,20)7-4-12(17)18/h2-3,5-6,8,15H,4,7H2,1H3,(H,17,18). The lowest BCUT2D eigenvalue weighted by Crippen LogP contribution is -2.19. The number of hydrogen-bond acceptors (Lipinski definition) is 5. The van der Waals surface area contributed by atoms with Gasteiger partial charge in [-0.25, -0.2) is 18.4 Å². The molecular weight excluding hydrogens is 296 g/mol. The zero-order chi connectivity index (χ0) is 15.5. The van der Waals surface area contributed by atoms with Crippen LogP contribution in [0.2, 0.25) is 0 Å². The molecule has 112 valence electrons. The highest BCUT2D eigenvalue weighted by molar-refractivity contribution is 7.92. The highest BCUT2D eigenvalue weighted by Gasteiger charge is 2.13. The molecular formula is C12H14N4O4S. The molecule has 0 aliphatic heterocycles. The van der Waals surface area contributed by atoms with E-state index in [1.807, 2.05) is 6.92 Å². The second kappa shape index (κ2) is 5.92. The Morgan fingerprint density at radius 1 is 1.38 bits per heavy atom.